The quantitative estimate of drug-likeness (QED) is 0.817. The first kappa shape index (κ1) is 18.5. The van der Waals surface area contributed by atoms with Crippen LogP contribution in [0, 0.1) is 11.6 Å². The van der Waals surface area contributed by atoms with Gasteiger partial charge in [0.05, 0.1) is 6.61 Å². The van der Waals surface area contributed by atoms with Gasteiger partial charge < -0.3 is 15.0 Å². The van der Waals surface area contributed by atoms with Crippen LogP contribution in [0.3, 0.4) is 0 Å². The SMILES string of the molecule is CNC1CC(N2CC3=C(CN(C(C)=O)C3)C2)COC1c1cc(F)ccc1F. The molecule has 146 valence electrons. The maximum absolute atomic E-state index is 14.2. The Labute approximate surface area is 158 Å². The van der Waals surface area contributed by atoms with Crippen molar-refractivity contribution in [2.45, 2.75) is 31.5 Å². The molecule has 3 aliphatic heterocycles. The molecule has 0 bridgehead atoms. The molecular weight excluding hydrogens is 352 g/mol. The van der Waals surface area contributed by atoms with Gasteiger partial charge >= 0.3 is 0 Å². The highest BCUT2D eigenvalue weighted by atomic mass is 19.1. The third-order valence-electron chi connectivity index (χ3n) is 6.01. The van der Waals surface area contributed by atoms with Crippen LogP contribution in [0.5, 0.6) is 0 Å². The number of likely N-dealkylation sites (N-methyl/N-ethyl adjacent to an activating group) is 1. The fourth-order valence-electron chi connectivity index (χ4n) is 4.47. The van der Waals surface area contributed by atoms with Gasteiger partial charge in [-0.1, -0.05) is 0 Å². The Bertz CT molecular complexity index is 764. The average Bonchev–Trinajstić information content (AvgIpc) is 3.22. The third-order valence-corrected chi connectivity index (χ3v) is 6.01. The summed E-state index contributed by atoms with van der Waals surface area (Å²) >= 11 is 0. The molecule has 0 saturated carbocycles. The molecule has 4 rings (SSSR count). The van der Waals surface area contributed by atoms with Crippen LogP contribution in [0.4, 0.5) is 8.78 Å². The Kier molecular flexibility index (Phi) is 5.01. The molecule has 3 heterocycles. The largest absolute Gasteiger partial charge is 0.370 e. The summed E-state index contributed by atoms with van der Waals surface area (Å²) in [6, 6.07) is 3.63. The van der Waals surface area contributed by atoms with E-state index in [1.165, 1.54) is 17.2 Å². The summed E-state index contributed by atoms with van der Waals surface area (Å²) in [7, 11) is 1.83. The Morgan fingerprint density at radius 1 is 1.19 bits per heavy atom. The molecule has 5 nitrogen and oxygen atoms in total. The van der Waals surface area contributed by atoms with E-state index in [9.17, 15) is 13.6 Å². The number of hydrogen-bond acceptors (Lipinski definition) is 4. The second kappa shape index (κ2) is 7.30. The molecule has 27 heavy (non-hydrogen) atoms. The van der Waals surface area contributed by atoms with Crippen molar-refractivity contribution in [2.24, 2.45) is 0 Å². The van der Waals surface area contributed by atoms with Gasteiger partial charge in [-0.25, -0.2) is 8.78 Å². The van der Waals surface area contributed by atoms with Crippen LogP contribution in [0.1, 0.15) is 25.0 Å². The lowest BCUT2D eigenvalue weighted by molar-refractivity contribution is -0.127. The lowest BCUT2D eigenvalue weighted by Crippen LogP contribution is -2.50. The van der Waals surface area contributed by atoms with Gasteiger partial charge in [0, 0.05) is 50.7 Å². The van der Waals surface area contributed by atoms with Crippen molar-refractivity contribution in [2.75, 3.05) is 39.8 Å². The number of carbonyl (C=O) groups is 1. The number of nitrogens with one attached hydrogen (secondary N) is 1. The topological polar surface area (TPSA) is 44.8 Å². The number of benzene rings is 1. The number of ether oxygens (including phenoxy) is 1. The van der Waals surface area contributed by atoms with Gasteiger partial charge in [0.15, 0.2) is 0 Å². The number of carbonyl (C=O) groups excluding carboxylic acids is 1. The van der Waals surface area contributed by atoms with Crippen LogP contribution >= 0.6 is 0 Å². The normalized spacial score (nSPS) is 28.7. The second-order valence-corrected chi connectivity index (χ2v) is 7.69. The summed E-state index contributed by atoms with van der Waals surface area (Å²) in [5.74, 6) is -0.777. The van der Waals surface area contributed by atoms with Gasteiger partial charge in [-0.15, -0.1) is 0 Å². The second-order valence-electron chi connectivity index (χ2n) is 7.69. The minimum atomic E-state index is -0.502. The van der Waals surface area contributed by atoms with Crippen molar-refractivity contribution in [3.63, 3.8) is 0 Å². The molecule has 1 fully saturated rings. The number of rotatable bonds is 3. The molecule has 0 aromatic heterocycles. The van der Waals surface area contributed by atoms with Gasteiger partial charge in [-0.3, -0.25) is 9.69 Å². The average molecular weight is 377 g/mol. The summed E-state index contributed by atoms with van der Waals surface area (Å²) in [5.41, 5.74) is 2.95. The van der Waals surface area contributed by atoms with Crippen LogP contribution in [0.2, 0.25) is 0 Å². The Morgan fingerprint density at radius 3 is 2.52 bits per heavy atom. The minimum absolute atomic E-state index is 0.0933. The van der Waals surface area contributed by atoms with Crippen molar-refractivity contribution >= 4 is 5.91 Å². The maximum Gasteiger partial charge on any atom is 0.220 e. The van der Waals surface area contributed by atoms with E-state index in [0.29, 0.717) is 6.61 Å². The van der Waals surface area contributed by atoms with E-state index in [1.807, 2.05) is 11.9 Å². The predicted octanol–water partition coefficient (Wildman–Crippen LogP) is 1.86. The molecule has 3 unspecified atom stereocenters. The van der Waals surface area contributed by atoms with E-state index >= 15 is 0 Å². The van der Waals surface area contributed by atoms with E-state index in [2.05, 4.69) is 10.2 Å². The maximum atomic E-state index is 14.2. The molecule has 1 aromatic carbocycles. The monoisotopic (exact) mass is 377 g/mol. The molecule has 1 saturated heterocycles. The van der Waals surface area contributed by atoms with E-state index in [1.54, 1.807) is 6.92 Å². The molecule has 3 aliphatic rings. The van der Waals surface area contributed by atoms with E-state index in [0.717, 1.165) is 44.7 Å². The Hall–Kier alpha value is -1.83. The molecule has 0 radical (unpaired) electrons. The number of hydrogen-bond donors (Lipinski definition) is 1. The van der Waals surface area contributed by atoms with Gasteiger partial charge in [-0.05, 0) is 42.8 Å². The Balaban J connectivity index is 1.41. The van der Waals surface area contributed by atoms with Crippen molar-refractivity contribution in [3.05, 3.63) is 46.5 Å². The zero-order valence-corrected chi connectivity index (χ0v) is 15.7. The zero-order valence-electron chi connectivity index (χ0n) is 15.7. The fraction of sp³-hybridized carbons (Fsp3) is 0.550. The summed E-state index contributed by atoms with van der Waals surface area (Å²) < 4.78 is 33.8. The van der Waals surface area contributed by atoms with Crippen molar-refractivity contribution < 1.29 is 18.3 Å². The van der Waals surface area contributed by atoms with Gasteiger partial charge in [0.25, 0.3) is 0 Å². The molecule has 1 aromatic rings. The summed E-state index contributed by atoms with van der Waals surface area (Å²) in [6.07, 6.45) is 0.297. The predicted molar refractivity (Wildman–Crippen MR) is 97.2 cm³/mol. The van der Waals surface area contributed by atoms with Crippen LogP contribution < -0.4 is 5.32 Å². The first-order valence-corrected chi connectivity index (χ1v) is 9.39. The highest BCUT2D eigenvalue weighted by molar-refractivity contribution is 5.75. The summed E-state index contributed by atoms with van der Waals surface area (Å²) in [6.45, 7) is 5.24. The molecule has 3 atom stereocenters. The van der Waals surface area contributed by atoms with Gasteiger partial charge in [0.2, 0.25) is 5.91 Å². The fourth-order valence-corrected chi connectivity index (χ4v) is 4.47. The third kappa shape index (κ3) is 3.51. The van der Waals surface area contributed by atoms with Gasteiger partial charge in [0.1, 0.15) is 17.7 Å². The first-order chi connectivity index (χ1) is 13.0. The standard InChI is InChI=1S/C20H25F2N3O2/c1-12(26)24-7-13-9-25(10-14(13)8-24)16-6-19(23-2)20(27-11-16)17-5-15(21)3-4-18(17)22/h3-5,16,19-20,23H,6-11H2,1-2H3. The highest BCUT2D eigenvalue weighted by Crippen LogP contribution is 2.35. The van der Waals surface area contributed by atoms with Crippen LogP contribution in [0.15, 0.2) is 29.3 Å². The highest BCUT2D eigenvalue weighted by Gasteiger charge is 2.39. The zero-order chi connectivity index (χ0) is 19.1. The molecule has 0 spiro atoms. The number of nitrogens with zero attached hydrogens (tertiary/aromatic N) is 2. The smallest absolute Gasteiger partial charge is 0.220 e. The van der Waals surface area contributed by atoms with E-state index in [4.69, 9.17) is 4.74 Å². The Morgan fingerprint density at radius 2 is 1.89 bits per heavy atom. The lowest BCUT2D eigenvalue weighted by atomic mass is 9.92. The number of amides is 1. The molecule has 1 N–H and O–H groups in total. The van der Waals surface area contributed by atoms with E-state index in [-0.39, 0.29) is 23.6 Å². The minimum Gasteiger partial charge on any atom is -0.370 e. The lowest BCUT2D eigenvalue weighted by Gasteiger charge is -2.40. The molecule has 1 amide bonds. The van der Waals surface area contributed by atoms with Crippen molar-refractivity contribution in [1.82, 2.24) is 15.1 Å². The number of halogens is 2. The van der Waals surface area contributed by atoms with E-state index < -0.39 is 17.7 Å². The van der Waals surface area contributed by atoms with Crippen molar-refractivity contribution in [3.8, 4) is 0 Å². The summed E-state index contributed by atoms with van der Waals surface area (Å²) in [4.78, 5) is 15.8. The van der Waals surface area contributed by atoms with Crippen LogP contribution in [-0.2, 0) is 9.53 Å². The van der Waals surface area contributed by atoms with Crippen molar-refractivity contribution in [1.29, 1.82) is 0 Å². The molecular formula is C20H25F2N3O2. The van der Waals surface area contributed by atoms with Crippen LogP contribution in [-0.4, -0.2) is 67.6 Å². The molecule has 7 heteroatoms. The molecule has 0 aliphatic carbocycles. The van der Waals surface area contributed by atoms with Gasteiger partial charge in [-0.2, -0.15) is 0 Å². The first-order valence-electron chi connectivity index (χ1n) is 9.39. The van der Waals surface area contributed by atoms with Crippen LogP contribution in [0.25, 0.3) is 0 Å². The summed E-state index contributed by atoms with van der Waals surface area (Å²) in [5, 5.41) is 3.22.